The van der Waals surface area contributed by atoms with Crippen molar-refractivity contribution in [2.75, 3.05) is 6.61 Å². The molecule has 23 heavy (non-hydrogen) atoms. The van der Waals surface area contributed by atoms with E-state index < -0.39 is 0 Å². The van der Waals surface area contributed by atoms with Gasteiger partial charge in [-0.3, -0.25) is 9.36 Å². The maximum absolute atomic E-state index is 12.6. The molecule has 1 fully saturated rings. The molecule has 0 unspecified atom stereocenters. The average Bonchev–Trinajstić information content (AvgIpc) is 3.20. The highest BCUT2D eigenvalue weighted by molar-refractivity contribution is 6.30. The zero-order valence-corrected chi connectivity index (χ0v) is 13.1. The summed E-state index contributed by atoms with van der Waals surface area (Å²) in [5.74, 6) is 0. The predicted molar refractivity (Wildman–Crippen MR) is 87.1 cm³/mol. The van der Waals surface area contributed by atoms with Crippen LogP contribution in [-0.2, 0) is 11.3 Å². The number of halogens is 1. The summed E-state index contributed by atoms with van der Waals surface area (Å²) in [5.41, 5.74) is 1.20. The van der Waals surface area contributed by atoms with Gasteiger partial charge in [0.05, 0.1) is 24.5 Å². The molecular weight excluding hydrogens is 316 g/mol. The van der Waals surface area contributed by atoms with Crippen LogP contribution in [0.1, 0.15) is 12.8 Å². The third kappa shape index (κ3) is 2.64. The molecule has 6 nitrogen and oxygen atoms in total. The Morgan fingerprint density at radius 3 is 3.09 bits per heavy atom. The summed E-state index contributed by atoms with van der Waals surface area (Å²) in [6.45, 7) is 1.30. The van der Waals surface area contributed by atoms with Crippen molar-refractivity contribution in [3.05, 3.63) is 52.2 Å². The van der Waals surface area contributed by atoms with E-state index in [1.165, 1.54) is 0 Å². The third-order valence-corrected chi connectivity index (χ3v) is 4.27. The summed E-state index contributed by atoms with van der Waals surface area (Å²) < 4.78 is 8.81. The van der Waals surface area contributed by atoms with E-state index in [-0.39, 0.29) is 11.7 Å². The van der Waals surface area contributed by atoms with Gasteiger partial charge in [0.25, 0.3) is 5.56 Å². The SMILES string of the molecule is O=c1c2cnn(-c3cccc(Cl)c3)c2ncn1C[C@H]1CCCO1. The minimum Gasteiger partial charge on any atom is -0.376 e. The quantitative estimate of drug-likeness (QED) is 0.740. The van der Waals surface area contributed by atoms with Gasteiger partial charge in [0, 0.05) is 11.6 Å². The molecule has 1 saturated heterocycles. The molecule has 0 N–H and O–H groups in total. The molecule has 1 aliphatic rings. The third-order valence-electron chi connectivity index (χ3n) is 4.03. The molecule has 4 rings (SSSR count). The lowest BCUT2D eigenvalue weighted by molar-refractivity contribution is 0.0960. The molecule has 7 heteroatoms. The van der Waals surface area contributed by atoms with Crippen LogP contribution in [0.15, 0.2) is 41.6 Å². The van der Waals surface area contributed by atoms with E-state index in [9.17, 15) is 4.79 Å². The first-order valence-corrected chi connectivity index (χ1v) is 7.91. The topological polar surface area (TPSA) is 61.9 Å². The van der Waals surface area contributed by atoms with Gasteiger partial charge in [0.15, 0.2) is 5.65 Å². The van der Waals surface area contributed by atoms with Crippen LogP contribution in [0, 0.1) is 0 Å². The molecule has 1 atom stereocenters. The second kappa shape index (κ2) is 5.79. The monoisotopic (exact) mass is 330 g/mol. The van der Waals surface area contributed by atoms with Crippen LogP contribution >= 0.6 is 11.6 Å². The van der Waals surface area contributed by atoms with Crippen LogP contribution in [0.4, 0.5) is 0 Å². The molecule has 0 radical (unpaired) electrons. The van der Waals surface area contributed by atoms with E-state index >= 15 is 0 Å². The smallest absolute Gasteiger partial charge is 0.264 e. The van der Waals surface area contributed by atoms with Crippen molar-refractivity contribution < 1.29 is 4.74 Å². The molecule has 1 aliphatic heterocycles. The Morgan fingerprint density at radius 2 is 2.30 bits per heavy atom. The van der Waals surface area contributed by atoms with Crippen molar-refractivity contribution in [2.24, 2.45) is 0 Å². The number of hydrogen-bond acceptors (Lipinski definition) is 4. The van der Waals surface area contributed by atoms with E-state index in [0.29, 0.717) is 22.6 Å². The summed E-state index contributed by atoms with van der Waals surface area (Å²) in [6.07, 6.45) is 5.23. The van der Waals surface area contributed by atoms with Gasteiger partial charge in [0.2, 0.25) is 0 Å². The Morgan fingerprint density at radius 1 is 1.39 bits per heavy atom. The Hall–Kier alpha value is -2.18. The number of nitrogens with zero attached hydrogens (tertiary/aromatic N) is 4. The van der Waals surface area contributed by atoms with E-state index in [4.69, 9.17) is 16.3 Å². The van der Waals surface area contributed by atoms with Gasteiger partial charge in [-0.05, 0) is 31.0 Å². The van der Waals surface area contributed by atoms with Crippen molar-refractivity contribution in [1.29, 1.82) is 0 Å². The molecule has 0 bridgehead atoms. The zero-order chi connectivity index (χ0) is 15.8. The molecule has 3 aromatic rings. The van der Waals surface area contributed by atoms with Gasteiger partial charge in [-0.2, -0.15) is 5.10 Å². The number of benzene rings is 1. The summed E-state index contributed by atoms with van der Waals surface area (Å²) >= 11 is 6.02. The van der Waals surface area contributed by atoms with Crippen molar-refractivity contribution in [3.63, 3.8) is 0 Å². The van der Waals surface area contributed by atoms with Crippen LogP contribution in [0.25, 0.3) is 16.7 Å². The van der Waals surface area contributed by atoms with Crippen molar-refractivity contribution in [1.82, 2.24) is 19.3 Å². The number of aromatic nitrogens is 4. The Bertz CT molecular complexity index is 912. The second-order valence-corrected chi connectivity index (χ2v) is 6.05. The Balaban J connectivity index is 1.76. The van der Waals surface area contributed by atoms with E-state index in [1.807, 2.05) is 12.1 Å². The fourth-order valence-electron chi connectivity index (χ4n) is 2.88. The van der Waals surface area contributed by atoms with Crippen LogP contribution in [-0.4, -0.2) is 32.0 Å². The number of hydrogen-bond donors (Lipinski definition) is 0. The van der Waals surface area contributed by atoms with Crippen LogP contribution < -0.4 is 5.56 Å². The lowest BCUT2D eigenvalue weighted by Gasteiger charge is -2.11. The zero-order valence-electron chi connectivity index (χ0n) is 12.4. The number of fused-ring (bicyclic) bond motifs is 1. The highest BCUT2D eigenvalue weighted by Gasteiger charge is 2.18. The van der Waals surface area contributed by atoms with Gasteiger partial charge in [0.1, 0.15) is 11.7 Å². The van der Waals surface area contributed by atoms with Crippen molar-refractivity contribution in [3.8, 4) is 5.69 Å². The van der Waals surface area contributed by atoms with Crippen LogP contribution in [0.2, 0.25) is 5.02 Å². The lowest BCUT2D eigenvalue weighted by atomic mass is 10.2. The van der Waals surface area contributed by atoms with Gasteiger partial charge in [-0.15, -0.1) is 0 Å². The van der Waals surface area contributed by atoms with E-state index in [0.717, 1.165) is 25.1 Å². The summed E-state index contributed by atoms with van der Waals surface area (Å²) in [5, 5.41) is 5.39. The molecule has 118 valence electrons. The first-order chi connectivity index (χ1) is 11.2. The van der Waals surface area contributed by atoms with Crippen LogP contribution in [0.5, 0.6) is 0 Å². The Kier molecular flexibility index (Phi) is 3.63. The molecule has 1 aromatic carbocycles. The van der Waals surface area contributed by atoms with Crippen molar-refractivity contribution in [2.45, 2.75) is 25.5 Å². The average molecular weight is 331 g/mol. The molecule has 3 heterocycles. The number of rotatable bonds is 3. The van der Waals surface area contributed by atoms with Gasteiger partial charge >= 0.3 is 0 Å². The summed E-state index contributed by atoms with van der Waals surface area (Å²) in [7, 11) is 0. The van der Waals surface area contributed by atoms with Crippen molar-refractivity contribution >= 4 is 22.6 Å². The molecular formula is C16H15ClN4O2. The molecule has 0 saturated carbocycles. The molecule has 0 spiro atoms. The Labute approximate surface area is 137 Å². The summed E-state index contributed by atoms with van der Waals surface area (Å²) in [4.78, 5) is 17.0. The second-order valence-electron chi connectivity index (χ2n) is 5.61. The highest BCUT2D eigenvalue weighted by atomic mass is 35.5. The molecule has 2 aromatic heterocycles. The first kappa shape index (κ1) is 14.4. The lowest BCUT2D eigenvalue weighted by Crippen LogP contribution is -2.26. The minimum atomic E-state index is -0.0984. The largest absolute Gasteiger partial charge is 0.376 e. The predicted octanol–water partition coefficient (Wildman–Crippen LogP) is 2.41. The summed E-state index contributed by atoms with van der Waals surface area (Å²) in [6, 6.07) is 7.29. The van der Waals surface area contributed by atoms with E-state index in [1.54, 1.807) is 33.9 Å². The number of ether oxygens (including phenoxy) is 1. The molecule has 0 aliphatic carbocycles. The first-order valence-electron chi connectivity index (χ1n) is 7.53. The standard InChI is InChI=1S/C16H15ClN4O2/c17-11-3-1-4-12(7-11)21-15-14(8-19-21)16(22)20(10-18-15)9-13-5-2-6-23-13/h1,3-4,7-8,10,13H,2,5-6,9H2/t13-/m1/s1. The maximum atomic E-state index is 12.6. The van der Waals surface area contributed by atoms with Gasteiger partial charge in [-0.1, -0.05) is 17.7 Å². The minimum absolute atomic E-state index is 0.0925. The van der Waals surface area contributed by atoms with Gasteiger partial charge < -0.3 is 4.74 Å². The highest BCUT2D eigenvalue weighted by Crippen LogP contribution is 2.18. The van der Waals surface area contributed by atoms with Crippen LogP contribution in [0.3, 0.4) is 0 Å². The maximum Gasteiger partial charge on any atom is 0.264 e. The normalized spacial score (nSPS) is 17.9. The molecule has 0 amide bonds. The van der Waals surface area contributed by atoms with Gasteiger partial charge in [-0.25, -0.2) is 9.67 Å². The fraction of sp³-hybridized carbons (Fsp3) is 0.312. The van der Waals surface area contributed by atoms with E-state index in [2.05, 4.69) is 10.1 Å². The fourth-order valence-corrected chi connectivity index (χ4v) is 3.07.